The van der Waals surface area contributed by atoms with Crippen molar-refractivity contribution >= 4 is 5.91 Å². The van der Waals surface area contributed by atoms with Gasteiger partial charge in [0.1, 0.15) is 17.7 Å². The highest BCUT2D eigenvalue weighted by molar-refractivity contribution is 5.78. The second kappa shape index (κ2) is 12.2. The maximum Gasteiger partial charge on any atom is 0.227 e. The molecule has 2 saturated heterocycles. The Morgan fingerprint density at radius 1 is 1.04 bits per heavy atom. The molecular formula is C42H61F2NO7. The van der Waals surface area contributed by atoms with Crippen LogP contribution >= 0.6 is 0 Å². The molecule has 1 aromatic carbocycles. The number of carbonyl (C=O) groups excluding carboxylic acids is 1. The highest BCUT2D eigenvalue weighted by Crippen LogP contribution is 2.89. The number of hydrogen-bond acceptors (Lipinski definition) is 7. The Kier molecular flexibility index (Phi) is 8.70. The fraction of sp³-hybridized carbons (Fsp3) is 0.833. The first-order valence-electron chi connectivity index (χ1n) is 20.0. The second-order valence-corrected chi connectivity index (χ2v) is 19.9. The van der Waals surface area contributed by atoms with Gasteiger partial charge in [0.25, 0.3) is 0 Å². The maximum absolute atomic E-state index is 13.8. The Bertz CT molecular complexity index is 1560. The van der Waals surface area contributed by atoms with E-state index >= 15 is 0 Å². The molecule has 1 amide bonds. The van der Waals surface area contributed by atoms with E-state index in [1.54, 1.807) is 18.7 Å². The molecule has 4 unspecified atom stereocenters. The van der Waals surface area contributed by atoms with E-state index in [4.69, 9.17) is 14.2 Å². The van der Waals surface area contributed by atoms with Crippen LogP contribution in [-0.4, -0.2) is 88.2 Å². The van der Waals surface area contributed by atoms with Crippen LogP contribution in [0.4, 0.5) is 8.78 Å². The molecule has 7 fully saturated rings. The SMILES string of the molecule is C[C@@H]1CC([C@H](O)C(C)(C)O)OC2[C@H]1[C@@]1(C)CC[C@@]34C[C@@]35CCC(O[C@H]3CN(C(=O)Cc6cc(F)cc(F)c6)CCO3)C(C)(C)[C@@H]5CCC4[C@]1(C)[C@H]2O. The Morgan fingerprint density at radius 2 is 1.71 bits per heavy atom. The van der Waals surface area contributed by atoms with E-state index in [1.165, 1.54) is 18.6 Å². The average molecular weight is 730 g/mol. The van der Waals surface area contributed by atoms with Crippen molar-refractivity contribution in [3.05, 3.63) is 35.4 Å². The lowest BCUT2D eigenvalue weighted by Gasteiger charge is -2.64. The first-order chi connectivity index (χ1) is 24.3. The molecular weight excluding hydrogens is 668 g/mol. The van der Waals surface area contributed by atoms with E-state index in [0.29, 0.717) is 37.0 Å². The van der Waals surface area contributed by atoms with Crippen molar-refractivity contribution in [3.8, 4) is 0 Å². The molecule has 0 bridgehead atoms. The molecule has 5 aliphatic carbocycles. The van der Waals surface area contributed by atoms with E-state index in [0.717, 1.165) is 44.6 Å². The van der Waals surface area contributed by atoms with Crippen LogP contribution in [0, 0.1) is 62.4 Å². The molecule has 290 valence electrons. The van der Waals surface area contributed by atoms with Crippen molar-refractivity contribution < 1.29 is 43.1 Å². The lowest BCUT2D eigenvalue weighted by molar-refractivity contribution is -0.248. The third-order valence-corrected chi connectivity index (χ3v) is 16.8. The first kappa shape index (κ1) is 37.2. The van der Waals surface area contributed by atoms with E-state index < -0.39 is 41.8 Å². The number of hydrogen-bond donors (Lipinski definition) is 3. The molecule has 10 heteroatoms. The zero-order valence-electron chi connectivity index (χ0n) is 32.2. The van der Waals surface area contributed by atoms with Gasteiger partial charge >= 0.3 is 0 Å². The van der Waals surface area contributed by atoms with Gasteiger partial charge < -0.3 is 34.4 Å². The molecule has 8 nitrogen and oxygen atoms in total. The van der Waals surface area contributed by atoms with Gasteiger partial charge in [-0.05, 0) is 128 Å². The van der Waals surface area contributed by atoms with Crippen LogP contribution < -0.4 is 0 Å². The van der Waals surface area contributed by atoms with Gasteiger partial charge in [-0.2, -0.15) is 0 Å². The Morgan fingerprint density at radius 3 is 2.40 bits per heavy atom. The minimum absolute atomic E-state index is 0.0348. The third-order valence-electron chi connectivity index (χ3n) is 16.8. The molecule has 2 aliphatic heterocycles. The summed E-state index contributed by atoms with van der Waals surface area (Å²) in [5, 5.41) is 34.2. The molecule has 8 rings (SSSR count). The summed E-state index contributed by atoms with van der Waals surface area (Å²) >= 11 is 0. The Labute approximate surface area is 308 Å². The highest BCUT2D eigenvalue weighted by Gasteiger charge is 2.84. The normalized spacial score (nSPS) is 47.0. The molecule has 52 heavy (non-hydrogen) atoms. The number of ether oxygens (including phenoxy) is 3. The fourth-order valence-electron chi connectivity index (χ4n) is 14.3. The number of aliphatic hydroxyl groups excluding tert-OH is 2. The van der Waals surface area contributed by atoms with Gasteiger partial charge in [0.15, 0.2) is 6.29 Å². The smallest absolute Gasteiger partial charge is 0.227 e. The van der Waals surface area contributed by atoms with E-state index in [1.807, 2.05) is 0 Å². The largest absolute Gasteiger partial charge is 0.390 e. The van der Waals surface area contributed by atoms with Crippen LogP contribution in [0.3, 0.4) is 0 Å². The van der Waals surface area contributed by atoms with Crippen LogP contribution in [-0.2, 0) is 25.4 Å². The molecule has 0 radical (unpaired) electrons. The number of rotatable bonds is 6. The van der Waals surface area contributed by atoms with Gasteiger partial charge in [0.2, 0.25) is 5.91 Å². The molecule has 14 atom stereocenters. The Balaban J connectivity index is 0.974. The summed E-state index contributed by atoms with van der Waals surface area (Å²) in [6.07, 6.45) is 5.00. The quantitative estimate of drug-likeness (QED) is 0.329. The highest BCUT2D eigenvalue weighted by atomic mass is 19.1. The summed E-state index contributed by atoms with van der Waals surface area (Å²) in [6, 6.07) is 3.22. The lowest BCUT2D eigenvalue weighted by Crippen LogP contribution is -2.60. The monoisotopic (exact) mass is 729 g/mol. The van der Waals surface area contributed by atoms with Gasteiger partial charge in [-0.1, -0.05) is 34.6 Å². The molecule has 7 aliphatic rings. The summed E-state index contributed by atoms with van der Waals surface area (Å²) in [5.74, 6) is -0.282. The molecule has 0 aromatic heterocycles. The standard InChI is InChI=1S/C42H61F2NO7/c1-23-16-27(35(47)38(4,5)49)51-34-33(23)39(6)12-13-42-22-41(42)11-10-30(37(2,3)28(41)8-9-29(42)40(39,7)36(34)48)52-32-21-45(14-15-50-32)31(46)19-24-17-25(43)20-26(44)18-24/h17-18,20,23,27-30,32-36,47-49H,8-16,19,21-22H2,1-7H3/t23-,27?,28+,29?,30?,32+,33+,34?,35+,36+,39-,40-,41-,42+/m1/s1. The van der Waals surface area contributed by atoms with Gasteiger partial charge in [0, 0.05) is 18.0 Å². The van der Waals surface area contributed by atoms with E-state index in [2.05, 4.69) is 34.6 Å². The number of nitrogens with zero attached hydrogens (tertiary/aromatic N) is 1. The van der Waals surface area contributed by atoms with Crippen molar-refractivity contribution in [2.24, 2.45) is 50.7 Å². The van der Waals surface area contributed by atoms with Crippen molar-refractivity contribution in [2.75, 3.05) is 19.7 Å². The topological polar surface area (TPSA) is 109 Å². The number of aliphatic hydroxyl groups is 3. The molecule has 2 heterocycles. The third kappa shape index (κ3) is 5.19. The average Bonchev–Trinajstić information content (AvgIpc) is 3.69. The number of amides is 1. The van der Waals surface area contributed by atoms with Crippen molar-refractivity contribution in [3.63, 3.8) is 0 Å². The zero-order chi connectivity index (χ0) is 37.4. The summed E-state index contributed by atoms with van der Waals surface area (Å²) < 4.78 is 47.1. The van der Waals surface area contributed by atoms with Crippen molar-refractivity contribution in [2.45, 2.75) is 149 Å². The lowest BCUT2D eigenvalue weighted by atomic mass is 9.41. The summed E-state index contributed by atoms with van der Waals surface area (Å²) in [7, 11) is 0. The predicted octanol–water partition coefficient (Wildman–Crippen LogP) is 6.02. The summed E-state index contributed by atoms with van der Waals surface area (Å²) in [4.78, 5) is 14.9. The van der Waals surface area contributed by atoms with Gasteiger partial charge in [0.05, 0.1) is 49.6 Å². The minimum atomic E-state index is -1.29. The fourth-order valence-corrected chi connectivity index (χ4v) is 14.3. The van der Waals surface area contributed by atoms with Crippen LogP contribution in [0.2, 0.25) is 0 Å². The van der Waals surface area contributed by atoms with Gasteiger partial charge in [-0.25, -0.2) is 8.78 Å². The maximum atomic E-state index is 13.8. The van der Waals surface area contributed by atoms with Gasteiger partial charge in [-0.15, -0.1) is 0 Å². The number of carbonyl (C=O) groups is 1. The Hall–Kier alpha value is -1.69. The first-order valence-corrected chi connectivity index (χ1v) is 20.0. The molecule has 2 spiro atoms. The van der Waals surface area contributed by atoms with Crippen LogP contribution in [0.1, 0.15) is 105 Å². The predicted molar refractivity (Wildman–Crippen MR) is 190 cm³/mol. The number of benzene rings is 1. The van der Waals surface area contributed by atoms with Crippen LogP contribution in [0.25, 0.3) is 0 Å². The minimum Gasteiger partial charge on any atom is -0.390 e. The van der Waals surface area contributed by atoms with Crippen molar-refractivity contribution in [1.29, 1.82) is 0 Å². The zero-order valence-corrected chi connectivity index (χ0v) is 32.2. The number of halogens is 2. The van der Waals surface area contributed by atoms with E-state index in [-0.39, 0.29) is 70.0 Å². The summed E-state index contributed by atoms with van der Waals surface area (Å²) in [5.41, 5.74) is -1.12. The summed E-state index contributed by atoms with van der Waals surface area (Å²) in [6.45, 7) is 16.1. The number of fused-ring (bicyclic) bond motifs is 4. The van der Waals surface area contributed by atoms with Crippen molar-refractivity contribution in [1.82, 2.24) is 4.90 Å². The van der Waals surface area contributed by atoms with Gasteiger partial charge in [-0.3, -0.25) is 4.79 Å². The molecule has 5 saturated carbocycles. The van der Waals surface area contributed by atoms with Crippen LogP contribution in [0.15, 0.2) is 18.2 Å². The van der Waals surface area contributed by atoms with Crippen LogP contribution in [0.5, 0.6) is 0 Å². The van der Waals surface area contributed by atoms with E-state index in [9.17, 15) is 28.9 Å². The molecule has 1 aromatic rings. The second-order valence-electron chi connectivity index (χ2n) is 19.9. The molecule has 3 N–H and O–H groups in total. The number of morpholine rings is 1.